The summed E-state index contributed by atoms with van der Waals surface area (Å²) in [5, 5.41) is 137. The lowest BCUT2D eigenvalue weighted by Gasteiger charge is -2.48. The van der Waals surface area contributed by atoms with Crippen molar-refractivity contribution in [2.45, 2.75) is 207 Å². The predicted molar refractivity (Wildman–Crippen MR) is 415 cm³/mol. The average molecular weight is 1680 g/mol. The summed E-state index contributed by atoms with van der Waals surface area (Å²) in [7, 11) is 1.48. The number of aliphatic hydroxyl groups excluding tert-OH is 6. The van der Waals surface area contributed by atoms with Crippen molar-refractivity contribution in [3.63, 3.8) is 0 Å². The van der Waals surface area contributed by atoms with Gasteiger partial charge in [0.25, 0.3) is 0 Å². The van der Waals surface area contributed by atoms with E-state index in [1.165, 1.54) is 51.2 Å². The Kier molecular flexibility index (Phi) is 26.5. The van der Waals surface area contributed by atoms with Gasteiger partial charge in [-0.1, -0.05) is 85.6 Å². The topological polar surface area (TPSA) is 561 Å². The third kappa shape index (κ3) is 18.8. The number of carboxylic acids is 1. The van der Waals surface area contributed by atoms with E-state index >= 15 is 24.0 Å². The summed E-state index contributed by atoms with van der Waals surface area (Å²) >= 11 is 14.6. The van der Waals surface area contributed by atoms with E-state index in [4.69, 9.17) is 72.6 Å². The standard InChI is InChI=1S/C80H94Cl2N10O26/c1-32(2)19-45(85-7)71(103)91-61-63(98)37-14-17-49(43(81)21-37)113-51-23-39-24-52(67(51)118-78-68(65(100)64(99)53(31-93)115-78)117-56-29-80(6,70(102)34(4)112-56)86-30-35-11-9-8-10-12-35)114-50-18-15-38(22-44(50)82)66(116-55-28-79(5,84)69(101)33(3)111-55)62-76(108)90-60(77(109)110)42-25-40(94)26-48(96)57(42)41-20-36(13-16-47(41)95)58(73(105)92-62)89-74(106)59(39)88-72(104)46(27-54(83)97)87-75(61)107/h8-18,20-26,32-34,45-46,53,55-56,58-66,68-70,78,85-86,93-96,98-102H,19,27-31,84H2,1-7H3,(H2,83,97)(H,87,107)(H,88,104)(H,89,106)(H,90,108)(H,91,103)(H,92,105)(H,109,110)/t33-,34-,45+,46-,53+,55-,56-,58+,59+,60-,61+,62-,63+,64+,65-,66+,68+,69-,70-,78-,79-,80-/m0/s1. The molecule has 634 valence electrons. The minimum absolute atomic E-state index is 0.113. The molecule has 6 aromatic rings. The number of amides is 7. The van der Waals surface area contributed by atoms with Crippen LogP contribution in [0.3, 0.4) is 0 Å². The van der Waals surface area contributed by atoms with Gasteiger partial charge in [-0.25, -0.2) is 4.79 Å². The molecule has 36 nitrogen and oxygen atoms in total. The molecule has 0 aliphatic carbocycles. The molecule has 6 aromatic carbocycles. The largest absolute Gasteiger partial charge is 0.508 e. The molecule has 3 saturated heterocycles. The molecular formula is C80H94Cl2N10O26. The molecule has 22 N–H and O–H groups in total. The number of hydrogen-bond acceptors (Lipinski definition) is 28. The summed E-state index contributed by atoms with van der Waals surface area (Å²) in [5.74, 6) is -16.0. The first kappa shape index (κ1) is 87.2. The van der Waals surface area contributed by atoms with Crippen molar-refractivity contribution in [2.75, 3.05) is 13.7 Å². The molecule has 14 rings (SSSR count). The van der Waals surface area contributed by atoms with Crippen molar-refractivity contribution in [3.8, 4) is 57.1 Å². The zero-order chi connectivity index (χ0) is 85.4. The summed E-state index contributed by atoms with van der Waals surface area (Å²) in [6, 6.07) is 8.88. The van der Waals surface area contributed by atoms with Crippen molar-refractivity contribution in [1.29, 1.82) is 0 Å². The van der Waals surface area contributed by atoms with Gasteiger partial charge in [0.2, 0.25) is 53.4 Å². The lowest BCUT2D eigenvalue weighted by atomic mass is 9.84. The molecule has 0 unspecified atom stereocenters. The summed E-state index contributed by atoms with van der Waals surface area (Å²) in [6.45, 7) is 9.14. The van der Waals surface area contributed by atoms with E-state index in [0.29, 0.717) is 0 Å². The molecule has 0 spiro atoms. The molecule has 3 fully saturated rings. The molecule has 118 heavy (non-hydrogen) atoms. The number of nitrogens with two attached hydrogens (primary N) is 2. The first-order chi connectivity index (χ1) is 55.8. The van der Waals surface area contributed by atoms with E-state index in [9.17, 15) is 65.4 Å². The maximum absolute atomic E-state index is 16.5. The Balaban J connectivity index is 1.11. The van der Waals surface area contributed by atoms with Gasteiger partial charge in [-0.2, -0.15) is 0 Å². The zero-order valence-corrected chi connectivity index (χ0v) is 66.2. The van der Waals surface area contributed by atoms with Gasteiger partial charge in [-0.05, 0) is 129 Å². The number of aromatic hydroxyl groups is 3. The van der Waals surface area contributed by atoms with Gasteiger partial charge in [-0.3, -0.25) is 33.6 Å². The second-order valence-corrected chi connectivity index (χ2v) is 31.8. The number of phenols is 3. The number of phenolic OH excluding ortho intramolecular Hbond substituents is 3. The molecule has 8 aliphatic heterocycles. The summed E-state index contributed by atoms with van der Waals surface area (Å²) in [6.07, 6.45) is -22.6. The third-order valence-electron chi connectivity index (χ3n) is 21.6. The van der Waals surface area contributed by atoms with Gasteiger partial charge in [0, 0.05) is 53.2 Å². The predicted octanol–water partition coefficient (Wildman–Crippen LogP) is 2.17. The summed E-state index contributed by atoms with van der Waals surface area (Å²) < 4.78 is 52.6. The fourth-order valence-electron chi connectivity index (χ4n) is 15.3. The number of aliphatic hydroxyl groups is 6. The number of carbonyl (C=O) groups is 8. The van der Waals surface area contributed by atoms with E-state index in [1.807, 2.05) is 44.2 Å². The minimum Gasteiger partial charge on any atom is -0.508 e. The minimum atomic E-state index is -2.39. The van der Waals surface area contributed by atoms with Crippen molar-refractivity contribution >= 4 is 70.5 Å². The highest BCUT2D eigenvalue weighted by Crippen LogP contribution is 2.51. The first-order valence-corrected chi connectivity index (χ1v) is 38.6. The first-order valence-electron chi connectivity index (χ1n) is 37.9. The molecule has 38 heteroatoms. The third-order valence-corrected chi connectivity index (χ3v) is 22.2. The highest BCUT2D eigenvalue weighted by molar-refractivity contribution is 6.32. The summed E-state index contributed by atoms with van der Waals surface area (Å²) in [4.78, 5) is 120. The number of aliphatic carboxylic acids is 1. The van der Waals surface area contributed by atoms with E-state index in [2.05, 4.69) is 42.5 Å². The lowest BCUT2D eigenvalue weighted by Crippen LogP contribution is -2.65. The molecular weight excluding hydrogens is 1590 g/mol. The van der Waals surface area contributed by atoms with Crippen LogP contribution in [-0.4, -0.2) is 215 Å². The Morgan fingerprint density at radius 3 is 1.89 bits per heavy atom. The highest BCUT2D eigenvalue weighted by atomic mass is 35.5. The van der Waals surface area contributed by atoms with Gasteiger partial charge in [0.05, 0.1) is 53.5 Å². The molecule has 22 atom stereocenters. The smallest absolute Gasteiger partial charge is 0.330 e. The van der Waals surface area contributed by atoms with Crippen molar-refractivity contribution in [3.05, 3.63) is 153 Å². The van der Waals surface area contributed by atoms with Crippen LogP contribution in [0.1, 0.15) is 131 Å². The van der Waals surface area contributed by atoms with Gasteiger partial charge >= 0.3 is 5.97 Å². The number of ether oxygens (including phenoxy) is 8. The second kappa shape index (κ2) is 35.8. The van der Waals surface area contributed by atoms with E-state index < -0.39 is 261 Å². The van der Waals surface area contributed by atoms with Crippen LogP contribution in [0.5, 0.6) is 46.0 Å². The van der Waals surface area contributed by atoms with Gasteiger partial charge in [-0.15, -0.1) is 0 Å². The number of rotatable bonds is 18. The van der Waals surface area contributed by atoms with E-state index in [0.717, 1.165) is 54.1 Å². The van der Waals surface area contributed by atoms with Crippen molar-refractivity contribution in [2.24, 2.45) is 17.4 Å². The number of benzene rings is 6. The van der Waals surface area contributed by atoms with Crippen LogP contribution in [0.4, 0.5) is 0 Å². The summed E-state index contributed by atoms with van der Waals surface area (Å²) in [5.41, 5.74) is 7.89. The van der Waals surface area contributed by atoms with Crippen molar-refractivity contribution in [1.82, 2.24) is 42.5 Å². The molecule has 0 saturated carbocycles. The maximum atomic E-state index is 16.5. The number of carbonyl (C=O) groups excluding carboxylic acids is 7. The number of hydrogen-bond donors (Lipinski definition) is 20. The zero-order valence-electron chi connectivity index (χ0n) is 64.7. The van der Waals surface area contributed by atoms with Crippen LogP contribution in [0, 0.1) is 5.92 Å². The van der Waals surface area contributed by atoms with Crippen LogP contribution in [0.15, 0.2) is 109 Å². The average Bonchev–Trinajstić information content (AvgIpc) is 0.761. The highest BCUT2D eigenvalue weighted by Gasteiger charge is 2.53. The van der Waals surface area contributed by atoms with E-state index in [1.54, 1.807) is 13.8 Å². The van der Waals surface area contributed by atoms with Crippen LogP contribution in [-0.2, 0) is 68.6 Å². The van der Waals surface area contributed by atoms with Crippen LogP contribution in [0.2, 0.25) is 10.0 Å². The normalized spacial score (nSPS) is 30.8. The molecule has 11 bridgehead atoms. The Hall–Kier alpha value is -10.1. The molecule has 8 heterocycles. The van der Waals surface area contributed by atoms with Gasteiger partial charge in [0.15, 0.2) is 36.2 Å². The Bertz CT molecular complexity index is 4800. The van der Waals surface area contributed by atoms with Gasteiger partial charge in [0.1, 0.15) is 89.5 Å². The Morgan fingerprint density at radius 1 is 0.661 bits per heavy atom. The lowest BCUT2D eigenvalue weighted by molar-refractivity contribution is -0.334. The fraction of sp³-hybridized carbons (Fsp3) is 0.450. The maximum Gasteiger partial charge on any atom is 0.330 e. The fourth-order valence-corrected chi connectivity index (χ4v) is 15.8. The Labute approximate surface area is 685 Å². The van der Waals surface area contributed by atoms with Crippen LogP contribution < -0.4 is 68.2 Å². The van der Waals surface area contributed by atoms with Crippen molar-refractivity contribution < 1.29 is 127 Å². The molecule has 8 aliphatic rings. The number of primary amides is 1. The number of fused-ring (bicyclic) bond motifs is 15. The van der Waals surface area contributed by atoms with Gasteiger partial charge < -0.3 is 143 Å². The monoisotopic (exact) mass is 1680 g/mol. The number of nitrogens with one attached hydrogen (secondary N) is 8. The van der Waals surface area contributed by atoms with Crippen LogP contribution in [0.25, 0.3) is 11.1 Å². The molecule has 0 radical (unpaired) electrons. The van der Waals surface area contributed by atoms with E-state index in [-0.39, 0.29) is 59.2 Å². The second-order valence-electron chi connectivity index (χ2n) is 31.0. The Morgan fingerprint density at radius 2 is 1.27 bits per heavy atom. The number of likely N-dealkylation sites (N-methyl/N-ethyl adjacent to an activating group) is 1. The number of carboxylic acid groups (broad SMARTS) is 1. The van der Waals surface area contributed by atoms with Crippen LogP contribution >= 0.6 is 23.2 Å². The molecule has 7 amide bonds. The SMILES string of the molecule is CN[C@H](CC(C)C)C(=O)N[C@H]1C(=O)N[C@@H](CC(N)=O)C(=O)N[C@H]2C(=O)N[C@H]3C(=O)N[C@H](C(=O)N[C@H](C(=O)O)c4cc(O)cc(O)c4-c4cc3ccc4O)[C@H](O[C@H]3C[C@](C)(N)[C@@H](O)[C@H](C)O3)c3ccc(c(Cl)c3)Oc3cc2cc(c3O[C@@H]2O[C@H](CO)[C@@H](O)[C@H](O)[C@H]2O[C@H]2C[C@](C)(NCc3ccccc3)[C@@H](O)[C@H](C)O2)Oc2ccc(cc2Cl)[C@H]1O. The molecule has 0 aromatic heterocycles. The number of halogens is 2. The quantitative estimate of drug-likeness (QED) is 0.0586.